The third-order valence-electron chi connectivity index (χ3n) is 3.51. The predicted octanol–water partition coefficient (Wildman–Crippen LogP) is 0.779. The Balaban J connectivity index is 2.11. The SMILES string of the molecule is Cc1ccc(S(=O)(=O)N(C)C)cc1NC(=S)NN1CCOCC1. The molecule has 23 heavy (non-hydrogen) atoms. The van der Waals surface area contributed by atoms with Gasteiger partial charge in [-0.2, -0.15) is 0 Å². The molecule has 1 aromatic carbocycles. The quantitative estimate of drug-likeness (QED) is 0.771. The summed E-state index contributed by atoms with van der Waals surface area (Å²) in [5.41, 5.74) is 4.67. The fraction of sp³-hybridized carbons (Fsp3) is 0.500. The van der Waals surface area contributed by atoms with Crippen molar-refractivity contribution in [2.24, 2.45) is 0 Å². The highest BCUT2D eigenvalue weighted by molar-refractivity contribution is 7.89. The van der Waals surface area contributed by atoms with E-state index in [-0.39, 0.29) is 4.90 Å². The third-order valence-corrected chi connectivity index (χ3v) is 5.51. The maximum absolute atomic E-state index is 12.2. The summed E-state index contributed by atoms with van der Waals surface area (Å²) in [6.07, 6.45) is 0. The lowest BCUT2D eigenvalue weighted by atomic mass is 10.2. The number of thiocarbonyl (C=S) groups is 1. The molecule has 1 aromatic rings. The lowest BCUT2D eigenvalue weighted by Crippen LogP contribution is -2.49. The van der Waals surface area contributed by atoms with Gasteiger partial charge in [0.2, 0.25) is 10.0 Å². The summed E-state index contributed by atoms with van der Waals surface area (Å²) in [6, 6.07) is 4.95. The van der Waals surface area contributed by atoms with Crippen LogP contribution in [0.25, 0.3) is 0 Å². The lowest BCUT2D eigenvalue weighted by Gasteiger charge is -2.28. The van der Waals surface area contributed by atoms with E-state index in [0.717, 1.165) is 18.7 Å². The first-order valence-electron chi connectivity index (χ1n) is 7.24. The molecule has 7 nitrogen and oxygen atoms in total. The number of rotatable bonds is 4. The maximum atomic E-state index is 12.2. The Morgan fingerprint density at radius 1 is 1.30 bits per heavy atom. The second kappa shape index (κ2) is 7.54. The normalized spacial score (nSPS) is 16.3. The summed E-state index contributed by atoms with van der Waals surface area (Å²) >= 11 is 5.30. The van der Waals surface area contributed by atoms with Gasteiger partial charge in [0, 0.05) is 32.9 Å². The number of aryl methyl sites for hydroxylation is 1. The van der Waals surface area contributed by atoms with Crippen LogP contribution >= 0.6 is 12.2 Å². The highest BCUT2D eigenvalue weighted by atomic mass is 32.2. The predicted molar refractivity (Wildman–Crippen MR) is 93.8 cm³/mol. The zero-order valence-corrected chi connectivity index (χ0v) is 15.1. The molecule has 0 aromatic heterocycles. The fourth-order valence-corrected chi connectivity index (χ4v) is 3.24. The topological polar surface area (TPSA) is 73.9 Å². The van der Waals surface area contributed by atoms with Crippen LogP contribution in [0.15, 0.2) is 23.1 Å². The van der Waals surface area contributed by atoms with E-state index in [9.17, 15) is 8.42 Å². The molecule has 0 radical (unpaired) electrons. The van der Waals surface area contributed by atoms with Crippen LogP contribution in [-0.2, 0) is 14.8 Å². The van der Waals surface area contributed by atoms with Crippen LogP contribution in [0, 0.1) is 6.92 Å². The molecule has 1 fully saturated rings. The van der Waals surface area contributed by atoms with Crippen LogP contribution in [0.5, 0.6) is 0 Å². The van der Waals surface area contributed by atoms with Crippen LogP contribution < -0.4 is 10.7 Å². The first-order valence-corrected chi connectivity index (χ1v) is 9.09. The van der Waals surface area contributed by atoms with Crippen molar-refractivity contribution in [1.82, 2.24) is 14.7 Å². The number of nitrogens with zero attached hydrogens (tertiary/aromatic N) is 2. The monoisotopic (exact) mass is 358 g/mol. The Bertz CT molecular complexity index is 671. The van der Waals surface area contributed by atoms with Crippen LogP contribution in [-0.4, -0.2) is 63.2 Å². The molecule has 0 bridgehead atoms. The Hall–Kier alpha value is -1.26. The highest BCUT2D eigenvalue weighted by Crippen LogP contribution is 2.22. The molecule has 0 unspecified atom stereocenters. The van der Waals surface area contributed by atoms with E-state index in [2.05, 4.69) is 10.7 Å². The Labute approximate surface area is 142 Å². The second-order valence-electron chi connectivity index (χ2n) is 5.43. The van der Waals surface area contributed by atoms with E-state index in [1.807, 2.05) is 11.9 Å². The number of hydrazine groups is 1. The summed E-state index contributed by atoms with van der Waals surface area (Å²) in [5, 5.41) is 5.46. The van der Waals surface area contributed by atoms with Gasteiger partial charge in [-0.15, -0.1) is 0 Å². The average molecular weight is 358 g/mol. The van der Waals surface area contributed by atoms with E-state index >= 15 is 0 Å². The van der Waals surface area contributed by atoms with Gasteiger partial charge in [-0.25, -0.2) is 17.7 Å². The minimum Gasteiger partial charge on any atom is -0.379 e. The van der Waals surface area contributed by atoms with Crippen molar-refractivity contribution in [2.45, 2.75) is 11.8 Å². The van der Waals surface area contributed by atoms with Gasteiger partial charge in [-0.05, 0) is 36.8 Å². The molecule has 0 amide bonds. The molecule has 1 heterocycles. The molecule has 2 rings (SSSR count). The molecule has 0 aliphatic carbocycles. The Kier molecular flexibility index (Phi) is 5.93. The van der Waals surface area contributed by atoms with Crippen LogP contribution in [0.1, 0.15) is 5.56 Å². The Morgan fingerprint density at radius 2 is 1.96 bits per heavy atom. The molecule has 0 spiro atoms. The van der Waals surface area contributed by atoms with Crippen molar-refractivity contribution in [3.63, 3.8) is 0 Å². The summed E-state index contributed by atoms with van der Waals surface area (Å²) in [5.74, 6) is 0. The minimum atomic E-state index is -3.48. The first-order chi connectivity index (χ1) is 10.8. The van der Waals surface area contributed by atoms with E-state index in [1.165, 1.54) is 18.4 Å². The maximum Gasteiger partial charge on any atom is 0.242 e. The molecule has 0 saturated carbocycles. The van der Waals surface area contributed by atoms with E-state index in [1.54, 1.807) is 18.2 Å². The number of benzene rings is 1. The van der Waals surface area contributed by atoms with Crippen LogP contribution in [0.4, 0.5) is 5.69 Å². The largest absolute Gasteiger partial charge is 0.379 e. The number of anilines is 1. The van der Waals surface area contributed by atoms with Gasteiger partial charge in [-0.1, -0.05) is 6.07 Å². The molecule has 1 saturated heterocycles. The molecule has 0 atom stereocenters. The van der Waals surface area contributed by atoms with Crippen molar-refractivity contribution in [2.75, 3.05) is 45.7 Å². The fourth-order valence-electron chi connectivity index (χ4n) is 2.08. The zero-order chi connectivity index (χ0) is 17.0. The molecule has 9 heteroatoms. The highest BCUT2D eigenvalue weighted by Gasteiger charge is 2.18. The molecular formula is C14H22N4O3S2. The number of sulfonamides is 1. The molecule has 2 N–H and O–H groups in total. The number of ether oxygens (including phenoxy) is 1. The number of morpholine rings is 1. The van der Waals surface area contributed by atoms with Gasteiger partial charge in [0.1, 0.15) is 0 Å². The molecular weight excluding hydrogens is 336 g/mol. The van der Waals surface area contributed by atoms with Crippen LogP contribution in [0.2, 0.25) is 0 Å². The minimum absolute atomic E-state index is 0.227. The van der Waals surface area contributed by atoms with Crippen molar-refractivity contribution in [3.8, 4) is 0 Å². The number of hydrogen-bond donors (Lipinski definition) is 2. The smallest absolute Gasteiger partial charge is 0.242 e. The number of nitrogens with one attached hydrogen (secondary N) is 2. The van der Waals surface area contributed by atoms with Crippen molar-refractivity contribution in [1.29, 1.82) is 0 Å². The molecule has 1 aliphatic heterocycles. The Morgan fingerprint density at radius 3 is 2.57 bits per heavy atom. The lowest BCUT2D eigenvalue weighted by molar-refractivity contribution is 0.0252. The molecule has 128 valence electrons. The summed E-state index contributed by atoms with van der Waals surface area (Å²) < 4.78 is 30.9. The van der Waals surface area contributed by atoms with Gasteiger partial charge < -0.3 is 10.1 Å². The summed E-state index contributed by atoms with van der Waals surface area (Å²) in [6.45, 7) is 4.70. The second-order valence-corrected chi connectivity index (χ2v) is 7.99. The summed E-state index contributed by atoms with van der Waals surface area (Å²) in [4.78, 5) is 0.227. The van der Waals surface area contributed by atoms with Gasteiger partial charge in [0.15, 0.2) is 5.11 Å². The van der Waals surface area contributed by atoms with Crippen LogP contribution in [0.3, 0.4) is 0 Å². The van der Waals surface area contributed by atoms with Gasteiger partial charge in [-0.3, -0.25) is 5.43 Å². The van der Waals surface area contributed by atoms with E-state index < -0.39 is 10.0 Å². The average Bonchev–Trinajstić information content (AvgIpc) is 2.50. The summed E-state index contributed by atoms with van der Waals surface area (Å²) in [7, 11) is -0.463. The van der Waals surface area contributed by atoms with Crippen molar-refractivity contribution < 1.29 is 13.2 Å². The van der Waals surface area contributed by atoms with E-state index in [4.69, 9.17) is 17.0 Å². The van der Waals surface area contributed by atoms with Gasteiger partial charge >= 0.3 is 0 Å². The van der Waals surface area contributed by atoms with E-state index in [0.29, 0.717) is 24.0 Å². The molecule has 1 aliphatic rings. The number of hydrogen-bond acceptors (Lipinski definition) is 5. The third kappa shape index (κ3) is 4.61. The van der Waals surface area contributed by atoms with Crippen molar-refractivity contribution in [3.05, 3.63) is 23.8 Å². The van der Waals surface area contributed by atoms with Gasteiger partial charge in [0.05, 0.1) is 18.1 Å². The van der Waals surface area contributed by atoms with Crippen molar-refractivity contribution >= 4 is 33.0 Å². The first kappa shape index (κ1) is 18.1. The van der Waals surface area contributed by atoms with Gasteiger partial charge in [0.25, 0.3) is 0 Å². The zero-order valence-electron chi connectivity index (χ0n) is 13.5. The standard InChI is InChI=1S/C14H22N4O3S2/c1-11-4-5-12(23(19,20)17(2)3)10-13(11)15-14(22)16-18-6-8-21-9-7-18/h4-5,10H,6-9H2,1-3H3,(H2,15,16,22).